The van der Waals surface area contributed by atoms with Crippen molar-refractivity contribution in [1.82, 2.24) is 4.98 Å². The summed E-state index contributed by atoms with van der Waals surface area (Å²) in [5.74, 6) is 0.498. The quantitative estimate of drug-likeness (QED) is 0.260. The highest BCUT2D eigenvalue weighted by Gasteiger charge is 2.11. The summed E-state index contributed by atoms with van der Waals surface area (Å²) in [6.45, 7) is -0.00348. The van der Waals surface area contributed by atoms with Crippen LogP contribution >= 0.6 is 0 Å². The topological polar surface area (TPSA) is 91.6 Å². The van der Waals surface area contributed by atoms with Crippen LogP contribution in [0.3, 0.4) is 0 Å². The average Bonchev–Trinajstić information content (AvgIpc) is 2.72. The van der Waals surface area contributed by atoms with Gasteiger partial charge in [0.1, 0.15) is 18.1 Å². The van der Waals surface area contributed by atoms with Gasteiger partial charge in [0.25, 0.3) is 5.69 Å². The van der Waals surface area contributed by atoms with Crippen molar-refractivity contribution in [2.75, 3.05) is 0 Å². The number of para-hydroxylation sites is 2. The first-order valence-electron chi connectivity index (χ1n) is 8.37. The zero-order valence-electron chi connectivity index (χ0n) is 14.7. The molecule has 3 aromatic rings. The van der Waals surface area contributed by atoms with Gasteiger partial charge in [-0.2, -0.15) is 0 Å². The Morgan fingerprint density at radius 1 is 1.07 bits per heavy atom. The monoisotopic (exact) mass is 376 g/mol. The molecule has 0 N–H and O–H groups in total. The Hall–Kier alpha value is -4.00. The summed E-state index contributed by atoms with van der Waals surface area (Å²) in [6, 6.07) is 16.8. The van der Waals surface area contributed by atoms with Crippen molar-refractivity contribution in [3.8, 4) is 11.5 Å². The normalized spacial score (nSPS) is 10.6. The van der Waals surface area contributed by atoms with E-state index in [9.17, 15) is 14.9 Å². The first kappa shape index (κ1) is 18.8. The van der Waals surface area contributed by atoms with E-state index in [2.05, 4.69) is 4.98 Å². The standard InChI is InChI=1S/C21H16N2O5/c24-21(12-11-16-6-1-3-9-19(16)23(25)26)27-15-17-7-2-4-10-20(17)28-18-8-5-13-22-14-18/h1-14H,15H2/b12-11+. The van der Waals surface area contributed by atoms with Crippen molar-refractivity contribution >= 4 is 17.7 Å². The van der Waals surface area contributed by atoms with Gasteiger partial charge in [-0.05, 0) is 30.3 Å². The molecule has 0 radical (unpaired) electrons. The van der Waals surface area contributed by atoms with Crippen LogP contribution in [0.2, 0.25) is 0 Å². The van der Waals surface area contributed by atoms with Crippen molar-refractivity contribution in [3.63, 3.8) is 0 Å². The molecular weight excluding hydrogens is 360 g/mol. The van der Waals surface area contributed by atoms with Crippen LogP contribution in [-0.2, 0) is 16.1 Å². The Kier molecular flexibility index (Phi) is 6.10. The number of aromatic nitrogens is 1. The lowest BCUT2D eigenvalue weighted by atomic mass is 10.1. The molecule has 7 nitrogen and oxygen atoms in total. The number of hydrogen-bond acceptors (Lipinski definition) is 6. The number of nitro benzene ring substituents is 1. The van der Waals surface area contributed by atoms with Crippen LogP contribution < -0.4 is 4.74 Å². The zero-order valence-corrected chi connectivity index (χ0v) is 14.7. The first-order valence-corrected chi connectivity index (χ1v) is 8.37. The van der Waals surface area contributed by atoms with Crippen LogP contribution in [0.1, 0.15) is 11.1 Å². The number of pyridine rings is 1. The highest BCUT2D eigenvalue weighted by Crippen LogP contribution is 2.25. The van der Waals surface area contributed by atoms with E-state index in [1.165, 1.54) is 12.1 Å². The van der Waals surface area contributed by atoms with E-state index in [-0.39, 0.29) is 12.3 Å². The number of hydrogen-bond donors (Lipinski definition) is 0. The summed E-state index contributed by atoms with van der Waals surface area (Å²) in [5, 5.41) is 11.0. The molecule has 0 bridgehead atoms. The van der Waals surface area contributed by atoms with Crippen LogP contribution in [0.15, 0.2) is 79.1 Å². The maximum Gasteiger partial charge on any atom is 0.331 e. The molecule has 0 fully saturated rings. The fourth-order valence-electron chi connectivity index (χ4n) is 2.41. The lowest BCUT2D eigenvalue weighted by Crippen LogP contribution is -2.02. The molecule has 0 amide bonds. The molecule has 0 aliphatic rings. The largest absolute Gasteiger partial charge is 0.458 e. The third-order valence-corrected chi connectivity index (χ3v) is 3.74. The van der Waals surface area contributed by atoms with Crippen LogP contribution in [0.4, 0.5) is 5.69 Å². The van der Waals surface area contributed by atoms with E-state index in [0.717, 1.165) is 6.08 Å². The van der Waals surface area contributed by atoms with Crippen molar-refractivity contribution in [2.45, 2.75) is 6.61 Å². The minimum absolute atomic E-state index is 0.00348. The molecule has 0 aliphatic heterocycles. The third-order valence-electron chi connectivity index (χ3n) is 3.74. The second-order valence-electron chi connectivity index (χ2n) is 5.66. The van der Waals surface area contributed by atoms with E-state index in [1.54, 1.807) is 54.9 Å². The van der Waals surface area contributed by atoms with Gasteiger partial charge in [0.05, 0.1) is 16.7 Å². The number of esters is 1. The third kappa shape index (κ3) is 5.01. The number of benzene rings is 2. The summed E-state index contributed by atoms with van der Waals surface area (Å²) in [7, 11) is 0. The molecule has 0 saturated carbocycles. The van der Waals surface area contributed by atoms with E-state index < -0.39 is 10.9 Å². The number of nitrogens with zero attached hydrogens (tertiary/aromatic N) is 2. The minimum atomic E-state index is -0.616. The molecule has 140 valence electrons. The van der Waals surface area contributed by atoms with Crippen molar-refractivity contribution in [1.29, 1.82) is 0 Å². The van der Waals surface area contributed by atoms with E-state index in [1.807, 2.05) is 12.1 Å². The molecule has 1 aromatic heterocycles. The predicted octanol–water partition coefficient (Wildman–Crippen LogP) is 4.54. The van der Waals surface area contributed by atoms with Gasteiger partial charge in [0.2, 0.25) is 0 Å². The van der Waals surface area contributed by atoms with Gasteiger partial charge >= 0.3 is 5.97 Å². The molecule has 0 atom stereocenters. The van der Waals surface area contributed by atoms with Gasteiger partial charge in [-0.15, -0.1) is 0 Å². The van der Waals surface area contributed by atoms with Gasteiger partial charge in [0, 0.05) is 23.9 Å². The summed E-state index contributed by atoms with van der Waals surface area (Å²) in [6.07, 6.45) is 5.74. The summed E-state index contributed by atoms with van der Waals surface area (Å²) < 4.78 is 11.0. The molecule has 7 heteroatoms. The summed E-state index contributed by atoms with van der Waals surface area (Å²) in [4.78, 5) is 26.5. The summed E-state index contributed by atoms with van der Waals surface area (Å²) in [5.41, 5.74) is 0.922. The van der Waals surface area contributed by atoms with Gasteiger partial charge in [-0.1, -0.05) is 30.3 Å². The SMILES string of the molecule is O=C(/C=C/c1ccccc1[N+](=O)[O-])OCc1ccccc1Oc1cccnc1. The number of carbonyl (C=O) groups excluding carboxylic acids is 1. The maximum absolute atomic E-state index is 12.0. The van der Waals surface area contributed by atoms with Gasteiger partial charge in [0.15, 0.2) is 0 Å². The fourth-order valence-corrected chi connectivity index (χ4v) is 2.41. The highest BCUT2D eigenvalue weighted by atomic mass is 16.6. The maximum atomic E-state index is 12.0. The molecule has 28 heavy (non-hydrogen) atoms. The zero-order chi connectivity index (χ0) is 19.8. The predicted molar refractivity (Wildman–Crippen MR) is 103 cm³/mol. The average molecular weight is 376 g/mol. The van der Waals surface area contributed by atoms with Gasteiger partial charge in [-0.3, -0.25) is 15.1 Å². The summed E-state index contributed by atoms with van der Waals surface area (Å²) >= 11 is 0. The van der Waals surface area contributed by atoms with Crippen LogP contribution in [0.5, 0.6) is 11.5 Å². The molecule has 1 heterocycles. The lowest BCUT2D eigenvalue weighted by Gasteiger charge is -2.10. The Bertz CT molecular complexity index is 1000. The lowest BCUT2D eigenvalue weighted by molar-refractivity contribution is -0.385. The van der Waals surface area contributed by atoms with E-state index in [0.29, 0.717) is 22.6 Å². The smallest absolute Gasteiger partial charge is 0.331 e. The Balaban J connectivity index is 1.65. The van der Waals surface area contributed by atoms with Crippen LogP contribution in [0.25, 0.3) is 6.08 Å². The molecule has 0 aliphatic carbocycles. The van der Waals surface area contributed by atoms with Crippen LogP contribution in [-0.4, -0.2) is 15.9 Å². The Morgan fingerprint density at radius 2 is 1.86 bits per heavy atom. The molecular formula is C21H16N2O5. The Morgan fingerprint density at radius 3 is 2.64 bits per heavy atom. The number of carbonyl (C=O) groups is 1. The number of rotatable bonds is 7. The second kappa shape index (κ2) is 9.09. The molecule has 0 spiro atoms. The molecule has 0 saturated heterocycles. The van der Waals surface area contributed by atoms with Crippen molar-refractivity contribution < 1.29 is 19.2 Å². The van der Waals surface area contributed by atoms with Crippen molar-refractivity contribution in [2.24, 2.45) is 0 Å². The van der Waals surface area contributed by atoms with Gasteiger partial charge in [-0.25, -0.2) is 4.79 Å². The van der Waals surface area contributed by atoms with E-state index in [4.69, 9.17) is 9.47 Å². The molecule has 0 unspecified atom stereocenters. The first-order chi connectivity index (χ1) is 13.6. The Labute approximate surface area is 161 Å². The fraction of sp³-hybridized carbons (Fsp3) is 0.0476. The van der Waals surface area contributed by atoms with Crippen LogP contribution in [0, 0.1) is 10.1 Å². The van der Waals surface area contributed by atoms with Gasteiger partial charge < -0.3 is 9.47 Å². The molecule has 2 aromatic carbocycles. The number of nitro groups is 1. The second-order valence-corrected chi connectivity index (χ2v) is 5.66. The number of ether oxygens (including phenoxy) is 2. The highest BCUT2D eigenvalue weighted by molar-refractivity contribution is 5.87. The minimum Gasteiger partial charge on any atom is -0.458 e. The van der Waals surface area contributed by atoms with E-state index >= 15 is 0 Å². The molecule has 3 rings (SSSR count). The van der Waals surface area contributed by atoms with Crippen molar-refractivity contribution in [3.05, 3.63) is 100 Å².